The molecule has 1 aliphatic rings. The molecule has 0 radical (unpaired) electrons. The van der Waals surface area contributed by atoms with Gasteiger partial charge in [0.2, 0.25) is 11.9 Å². The molecule has 1 aromatic rings. The summed E-state index contributed by atoms with van der Waals surface area (Å²) in [5.41, 5.74) is -0.871. The fourth-order valence-corrected chi connectivity index (χ4v) is 3.24. The molecule has 0 heterocycles. The number of nitrogens with zero attached hydrogens (tertiary/aromatic N) is 2. The van der Waals surface area contributed by atoms with Gasteiger partial charge in [-0.3, -0.25) is 14.9 Å². The van der Waals surface area contributed by atoms with Crippen molar-refractivity contribution < 1.29 is 24.0 Å². The number of rotatable bonds is 8. The summed E-state index contributed by atoms with van der Waals surface area (Å²) in [6.45, 7) is 1.88. The minimum absolute atomic E-state index is 0.109. The van der Waals surface area contributed by atoms with E-state index >= 15 is 0 Å². The molecule has 8 nitrogen and oxygen atoms in total. The highest BCUT2D eigenvalue weighted by atomic mass is 79.9. The Bertz CT molecular complexity index is 695. The van der Waals surface area contributed by atoms with E-state index < -0.39 is 34.3 Å². The Morgan fingerprint density at radius 1 is 1.35 bits per heavy atom. The Labute approximate surface area is 159 Å². The molecule has 0 bridgehead atoms. The van der Waals surface area contributed by atoms with Crippen molar-refractivity contribution in [3.05, 3.63) is 44.4 Å². The van der Waals surface area contributed by atoms with Crippen LogP contribution in [0.3, 0.4) is 0 Å². The van der Waals surface area contributed by atoms with Gasteiger partial charge in [0.05, 0.1) is 13.7 Å². The van der Waals surface area contributed by atoms with Crippen molar-refractivity contribution in [2.45, 2.75) is 24.9 Å². The van der Waals surface area contributed by atoms with Gasteiger partial charge in [-0.05, 0) is 24.6 Å². The number of carbonyl (C=O) groups is 2. The lowest BCUT2D eigenvalue weighted by Gasteiger charge is -2.39. The Hall–Kier alpha value is -2.00. The van der Waals surface area contributed by atoms with Gasteiger partial charge in [-0.15, -0.1) is 0 Å². The van der Waals surface area contributed by atoms with Crippen LogP contribution in [-0.4, -0.2) is 55.1 Å². The fourth-order valence-electron chi connectivity index (χ4n) is 2.97. The molecule has 1 aliphatic carbocycles. The van der Waals surface area contributed by atoms with Gasteiger partial charge in [-0.2, -0.15) is 0 Å². The third-order valence-corrected chi connectivity index (χ3v) is 5.19. The molecule has 1 aromatic carbocycles. The number of methoxy groups -OCH3 is 2. The standard InChI is InChI=1S/C17H21BrN2O6/c1-17(16(22)26-3,11-4-6-12(18)7-5-11)19(8-9-25-2)15(21)13-10-14(13)20(23)24/h4-7,13-14H,8-10H2,1-3H3/t13-,14-,17-/m1/s1. The average molecular weight is 429 g/mol. The van der Waals surface area contributed by atoms with E-state index in [-0.39, 0.29) is 19.6 Å². The second-order valence-corrected chi connectivity index (χ2v) is 7.16. The van der Waals surface area contributed by atoms with Crippen molar-refractivity contribution in [2.75, 3.05) is 27.4 Å². The van der Waals surface area contributed by atoms with Gasteiger partial charge in [-0.25, -0.2) is 4.79 Å². The lowest BCUT2D eigenvalue weighted by atomic mass is 9.89. The van der Waals surface area contributed by atoms with E-state index in [4.69, 9.17) is 9.47 Å². The summed E-state index contributed by atoms with van der Waals surface area (Å²) in [6.07, 6.45) is 0.174. The number of hydrogen-bond acceptors (Lipinski definition) is 6. The molecular weight excluding hydrogens is 408 g/mol. The van der Waals surface area contributed by atoms with Gasteiger partial charge in [0.1, 0.15) is 5.92 Å². The SMILES string of the molecule is COCCN(C(=O)[C@@H]1C[C@H]1[N+](=O)[O-])[C@@](C)(C(=O)OC)c1ccc(Br)cc1. The van der Waals surface area contributed by atoms with E-state index in [1.54, 1.807) is 31.2 Å². The molecule has 26 heavy (non-hydrogen) atoms. The quantitative estimate of drug-likeness (QED) is 0.356. The smallest absolute Gasteiger partial charge is 0.336 e. The van der Waals surface area contributed by atoms with E-state index in [2.05, 4.69) is 15.9 Å². The van der Waals surface area contributed by atoms with Gasteiger partial charge >= 0.3 is 5.97 Å². The first-order valence-corrected chi connectivity index (χ1v) is 8.85. The molecule has 0 aromatic heterocycles. The van der Waals surface area contributed by atoms with Crippen LogP contribution in [-0.2, 0) is 24.6 Å². The normalized spacial score (nSPS) is 20.8. The van der Waals surface area contributed by atoms with E-state index in [1.165, 1.54) is 19.1 Å². The summed E-state index contributed by atoms with van der Waals surface area (Å²) in [7, 11) is 2.73. The molecule has 1 amide bonds. The van der Waals surface area contributed by atoms with Gasteiger partial charge in [0.15, 0.2) is 5.54 Å². The highest BCUT2D eigenvalue weighted by molar-refractivity contribution is 9.10. The molecule has 142 valence electrons. The van der Waals surface area contributed by atoms with E-state index in [0.29, 0.717) is 5.56 Å². The topological polar surface area (TPSA) is 99.0 Å². The van der Waals surface area contributed by atoms with Gasteiger partial charge in [-0.1, -0.05) is 28.1 Å². The maximum atomic E-state index is 13.0. The molecule has 1 saturated carbocycles. The number of amides is 1. The van der Waals surface area contributed by atoms with Gasteiger partial charge < -0.3 is 14.4 Å². The monoisotopic (exact) mass is 428 g/mol. The third-order valence-electron chi connectivity index (χ3n) is 4.66. The van der Waals surface area contributed by atoms with E-state index in [0.717, 1.165) is 4.47 Å². The molecule has 0 N–H and O–H groups in total. The van der Waals surface area contributed by atoms with Crippen LogP contribution in [0.15, 0.2) is 28.7 Å². The molecule has 0 unspecified atom stereocenters. The third kappa shape index (κ3) is 3.88. The number of hydrogen-bond donors (Lipinski definition) is 0. The fraction of sp³-hybridized carbons (Fsp3) is 0.529. The molecule has 0 saturated heterocycles. The van der Waals surface area contributed by atoms with Crippen molar-refractivity contribution in [1.29, 1.82) is 0 Å². The zero-order chi connectivity index (χ0) is 19.5. The molecule has 2 rings (SSSR count). The van der Waals surface area contributed by atoms with Crippen LogP contribution in [0.2, 0.25) is 0 Å². The maximum absolute atomic E-state index is 13.0. The molecular formula is C17H21BrN2O6. The number of benzene rings is 1. The van der Waals surface area contributed by atoms with Crippen molar-refractivity contribution in [2.24, 2.45) is 5.92 Å². The first-order chi connectivity index (χ1) is 12.3. The van der Waals surface area contributed by atoms with Crippen molar-refractivity contribution in [3.63, 3.8) is 0 Å². The second-order valence-electron chi connectivity index (χ2n) is 6.25. The molecule has 9 heteroatoms. The first-order valence-electron chi connectivity index (χ1n) is 8.05. The van der Waals surface area contributed by atoms with Crippen LogP contribution in [0.4, 0.5) is 0 Å². The number of esters is 1. The average Bonchev–Trinajstić information content (AvgIpc) is 3.42. The number of carbonyl (C=O) groups excluding carboxylic acids is 2. The van der Waals surface area contributed by atoms with Crippen LogP contribution in [0.25, 0.3) is 0 Å². The summed E-state index contributed by atoms with van der Waals surface area (Å²) in [4.78, 5) is 37.5. The predicted octanol–water partition coefficient (Wildman–Crippen LogP) is 1.98. The van der Waals surface area contributed by atoms with Crippen LogP contribution in [0, 0.1) is 16.0 Å². The summed E-state index contributed by atoms with van der Waals surface area (Å²) in [5, 5.41) is 11.0. The Morgan fingerprint density at radius 3 is 2.42 bits per heavy atom. The first kappa shape index (κ1) is 20.3. The second kappa shape index (κ2) is 8.13. The Balaban J connectivity index is 2.45. The zero-order valence-electron chi connectivity index (χ0n) is 14.8. The zero-order valence-corrected chi connectivity index (χ0v) is 16.4. The minimum Gasteiger partial charge on any atom is -0.467 e. The number of ether oxygens (including phenoxy) is 2. The number of halogens is 1. The van der Waals surface area contributed by atoms with Crippen LogP contribution in [0.5, 0.6) is 0 Å². The minimum atomic E-state index is -1.42. The van der Waals surface area contributed by atoms with Crippen LogP contribution < -0.4 is 0 Å². The van der Waals surface area contributed by atoms with Crippen molar-refractivity contribution in [1.82, 2.24) is 4.90 Å². The molecule has 1 fully saturated rings. The van der Waals surface area contributed by atoms with E-state index in [1.807, 2.05) is 0 Å². The van der Waals surface area contributed by atoms with Gasteiger partial charge in [0, 0.05) is 29.5 Å². The summed E-state index contributed by atoms with van der Waals surface area (Å²) in [6, 6.07) is 6.04. The summed E-state index contributed by atoms with van der Waals surface area (Å²) >= 11 is 3.34. The van der Waals surface area contributed by atoms with Crippen molar-refractivity contribution in [3.8, 4) is 0 Å². The van der Waals surface area contributed by atoms with Crippen LogP contribution in [0.1, 0.15) is 18.9 Å². The Morgan fingerprint density at radius 2 is 1.96 bits per heavy atom. The van der Waals surface area contributed by atoms with Crippen LogP contribution >= 0.6 is 15.9 Å². The molecule has 0 aliphatic heterocycles. The largest absolute Gasteiger partial charge is 0.467 e. The summed E-state index contributed by atoms with van der Waals surface area (Å²) in [5.74, 6) is -1.80. The maximum Gasteiger partial charge on any atom is 0.336 e. The number of nitro groups is 1. The van der Waals surface area contributed by atoms with Crippen molar-refractivity contribution >= 4 is 27.8 Å². The lowest BCUT2D eigenvalue weighted by molar-refractivity contribution is -0.497. The highest BCUT2D eigenvalue weighted by Gasteiger charge is 2.58. The molecule has 3 atom stereocenters. The highest BCUT2D eigenvalue weighted by Crippen LogP contribution is 2.39. The van der Waals surface area contributed by atoms with Gasteiger partial charge in [0.25, 0.3) is 0 Å². The molecule has 0 spiro atoms. The predicted molar refractivity (Wildman–Crippen MR) is 96.0 cm³/mol. The lowest BCUT2D eigenvalue weighted by Crippen LogP contribution is -2.55. The van der Waals surface area contributed by atoms with E-state index in [9.17, 15) is 19.7 Å². The summed E-state index contributed by atoms with van der Waals surface area (Å²) < 4.78 is 10.9. The Kier molecular flexibility index (Phi) is 6.35.